The predicted molar refractivity (Wildman–Crippen MR) is 110 cm³/mol. The largest absolute Gasteiger partial charge is 0.511 e. The number of aliphatic imine (C=N–C) groups is 1. The zero-order chi connectivity index (χ0) is 19.2. The summed E-state index contributed by atoms with van der Waals surface area (Å²) in [7, 11) is -3.63. The van der Waals surface area contributed by atoms with Gasteiger partial charge in [0.1, 0.15) is 0 Å². The first kappa shape index (κ1) is 24.0. The summed E-state index contributed by atoms with van der Waals surface area (Å²) in [6, 6.07) is 9.79. The zero-order valence-electron chi connectivity index (χ0n) is 14.9. The number of sulfonamides is 1. The standard InChI is InChI=1S/C16H23F3N4O2S.HI/c1-20-15(21-10-7-13-5-3-2-4-6-13)22-14-8-11-23(12-9-14)26(24,25)16(17,18)19;/h2-6,14H,7-12H2,1H3,(H2,20,21,22);1H. The Kier molecular flexibility index (Phi) is 9.28. The highest BCUT2D eigenvalue weighted by Crippen LogP contribution is 2.28. The van der Waals surface area contributed by atoms with Gasteiger partial charge in [-0.25, -0.2) is 8.42 Å². The Morgan fingerprint density at radius 1 is 1.22 bits per heavy atom. The van der Waals surface area contributed by atoms with Crippen LogP contribution in [0.3, 0.4) is 0 Å². The van der Waals surface area contributed by atoms with Gasteiger partial charge in [0.05, 0.1) is 0 Å². The van der Waals surface area contributed by atoms with Crippen molar-refractivity contribution >= 4 is 40.0 Å². The maximum absolute atomic E-state index is 12.6. The third kappa shape index (κ3) is 6.79. The van der Waals surface area contributed by atoms with Crippen LogP contribution in [0.4, 0.5) is 13.2 Å². The number of benzene rings is 1. The van der Waals surface area contributed by atoms with Gasteiger partial charge in [-0.05, 0) is 24.8 Å². The van der Waals surface area contributed by atoms with Gasteiger partial charge in [-0.1, -0.05) is 30.3 Å². The van der Waals surface area contributed by atoms with Gasteiger partial charge in [-0.15, -0.1) is 24.0 Å². The fourth-order valence-electron chi connectivity index (χ4n) is 2.74. The van der Waals surface area contributed by atoms with Crippen LogP contribution in [0.25, 0.3) is 0 Å². The summed E-state index contributed by atoms with van der Waals surface area (Å²) >= 11 is 0. The Hall–Kier alpha value is -1.08. The minimum Gasteiger partial charge on any atom is -0.356 e. The van der Waals surface area contributed by atoms with Crippen molar-refractivity contribution < 1.29 is 21.6 Å². The van der Waals surface area contributed by atoms with E-state index in [9.17, 15) is 21.6 Å². The van der Waals surface area contributed by atoms with E-state index in [-0.39, 0.29) is 55.9 Å². The topological polar surface area (TPSA) is 73.8 Å². The smallest absolute Gasteiger partial charge is 0.356 e. The molecule has 0 saturated carbocycles. The molecule has 0 aromatic heterocycles. The molecule has 1 saturated heterocycles. The minimum atomic E-state index is -5.25. The van der Waals surface area contributed by atoms with E-state index in [1.54, 1.807) is 7.05 Å². The molecule has 1 aliphatic rings. The average Bonchev–Trinajstić information content (AvgIpc) is 2.61. The molecule has 1 aliphatic heterocycles. The summed E-state index contributed by atoms with van der Waals surface area (Å²) in [5.41, 5.74) is -4.07. The van der Waals surface area contributed by atoms with Crippen LogP contribution in [-0.4, -0.2) is 56.9 Å². The average molecular weight is 520 g/mol. The van der Waals surface area contributed by atoms with Crippen molar-refractivity contribution in [3.05, 3.63) is 35.9 Å². The molecular formula is C16H24F3IN4O2S. The molecule has 0 bridgehead atoms. The molecule has 6 nitrogen and oxygen atoms in total. The lowest BCUT2D eigenvalue weighted by Crippen LogP contribution is -2.51. The second-order valence-corrected chi connectivity index (χ2v) is 7.93. The van der Waals surface area contributed by atoms with E-state index in [1.807, 2.05) is 30.3 Å². The minimum absolute atomic E-state index is 0. The number of halogens is 4. The van der Waals surface area contributed by atoms with Crippen molar-refractivity contribution in [2.45, 2.75) is 30.8 Å². The van der Waals surface area contributed by atoms with Crippen molar-refractivity contribution in [2.75, 3.05) is 26.7 Å². The summed E-state index contributed by atoms with van der Waals surface area (Å²) in [5, 5.41) is 6.30. The molecule has 2 N–H and O–H groups in total. The molecule has 1 aromatic rings. The molecule has 0 atom stereocenters. The van der Waals surface area contributed by atoms with E-state index >= 15 is 0 Å². The molecule has 0 spiro atoms. The number of hydrogen-bond donors (Lipinski definition) is 2. The lowest BCUT2D eigenvalue weighted by molar-refractivity contribution is -0.0494. The van der Waals surface area contributed by atoms with Crippen molar-refractivity contribution in [2.24, 2.45) is 4.99 Å². The molecule has 11 heteroatoms. The Morgan fingerprint density at radius 2 is 1.81 bits per heavy atom. The first-order chi connectivity index (χ1) is 12.2. The zero-order valence-corrected chi connectivity index (χ0v) is 18.0. The first-order valence-electron chi connectivity index (χ1n) is 8.31. The van der Waals surface area contributed by atoms with Gasteiger partial charge in [0.15, 0.2) is 5.96 Å². The Bertz CT molecular complexity index is 706. The fourth-order valence-corrected chi connectivity index (χ4v) is 3.73. The molecule has 1 heterocycles. The Morgan fingerprint density at radius 3 is 2.33 bits per heavy atom. The van der Waals surface area contributed by atoms with Crippen LogP contribution in [0.1, 0.15) is 18.4 Å². The molecule has 27 heavy (non-hydrogen) atoms. The third-order valence-corrected chi connectivity index (χ3v) is 5.83. The van der Waals surface area contributed by atoms with Crippen LogP contribution in [0.2, 0.25) is 0 Å². The number of alkyl halides is 3. The van der Waals surface area contributed by atoms with Gasteiger partial charge in [0.2, 0.25) is 0 Å². The molecule has 1 fully saturated rings. The van der Waals surface area contributed by atoms with Gasteiger partial charge in [-0.3, -0.25) is 4.99 Å². The third-order valence-electron chi connectivity index (χ3n) is 4.20. The van der Waals surface area contributed by atoms with E-state index in [0.29, 0.717) is 16.8 Å². The van der Waals surface area contributed by atoms with Crippen LogP contribution < -0.4 is 10.6 Å². The Labute approximate surface area is 174 Å². The molecule has 0 aliphatic carbocycles. The van der Waals surface area contributed by atoms with Crippen molar-refractivity contribution in [3.8, 4) is 0 Å². The van der Waals surface area contributed by atoms with E-state index in [1.165, 1.54) is 5.56 Å². The lowest BCUT2D eigenvalue weighted by Gasteiger charge is -2.32. The molecule has 0 amide bonds. The van der Waals surface area contributed by atoms with Crippen LogP contribution in [0.15, 0.2) is 35.3 Å². The molecule has 0 unspecified atom stereocenters. The summed E-state index contributed by atoms with van der Waals surface area (Å²) in [6.45, 7) is 0.325. The number of guanidine groups is 1. The van der Waals surface area contributed by atoms with Gasteiger partial charge < -0.3 is 10.6 Å². The second kappa shape index (κ2) is 10.5. The van der Waals surface area contributed by atoms with E-state index < -0.39 is 15.5 Å². The normalized spacial score (nSPS) is 17.3. The summed E-state index contributed by atoms with van der Waals surface area (Å²) < 4.78 is 61.1. The highest BCUT2D eigenvalue weighted by atomic mass is 127. The maximum Gasteiger partial charge on any atom is 0.511 e. The lowest BCUT2D eigenvalue weighted by atomic mass is 10.1. The van der Waals surface area contributed by atoms with E-state index in [4.69, 9.17) is 0 Å². The van der Waals surface area contributed by atoms with Crippen LogP contribution in [0.5, 0.6) is 0 Å². The number of nitrogens with one attached hydrogen (secondary N) is 2. The molecule has 0 radical (unpaired) electrons. The van der Waals surface area contributed by atoms with E-state index in [0.717, 1.165) is 6.42 Å². The van der Waals surface area contributed by atoms with Crippen LogP contribution >= 0.6 is 24.0 Å². The molecule has 2 rings (SSSR count). The van der Waals surface area contributed by atoms with Gasteiger partial charge in [-0.2, -0.15) is 17.5 Å². The predicted octanol–water partition coefficient (Wildman–Crippen LogP) is 2.33. The van der Waals surface area contributed by atoms with Gasteiger partial charge in [0, 0.05) is 32.7 Å². The summed E-state index contributed by atoms with van der Waals surface area (Å²) in [5.74, 6) is 0.554. The summed E-state index contributed by atoms with van der Waals surface area (Å²) in [4.78, 5) is 4.10. The van der Waals surface area contributed by atoms with Gasteiger partial charge in [0.25, 0.3) is 0 Å². The highest BCUT2D eigenvalue weighted by molar-refractivity contribution is 14.0. The molecule has 1 aromatic carbocycles. The first-order valence-corrected chi connectivity index (χ1v) is 9.75. The fraction of sp³-hybridized carbons (Fsp3) is 0.562. The second-order valence-electron chi connectivity index (χ2n) is 6.00. The SMILES string of the molecule is CN=C(NCCc1ccccc1)NC1CCN(S(=O)(=O)C(F)(F)F)CC1.I. The number of rotatable bonds is 5. The highest BCUT2D eigenvalue weighted by Gasteiger charge is 2.50. The molecular weight excluding hydrogens is 496 g/mol. The number of nitrogens with zero attached hydrogens (tertiary/aromatic N) is 2. The van der Waals surface area contributed by atoms with Crippen molar-refractivity contribution in [1.82, 2.24) is 14.9 Å². The Balaban J connectivity index is 0.00000364. The van der Waals surface area contributed by atoms with Gasteiger partial charge >= 0.3 is 15.5 Å². The van der Waals surface area contributed by atoms with Crippen LogP contribution in [0, 0.1) is 0 Å². The monoisotopic (exact) mass is 520 g/mol. The summed E-state index contributed by atoms with van der Waals surface area (Å²) in [6.07, 6.45) is 1.38. The quantitative estimate of drug-likeness (QED) is 0.355. The number of hydrogen-bond acceptors (Lipinski definition) is 3. The van der Waals surface area contributed by atoms with Crippen molar-refractivity contribution in [3.63, 3.8) is 0 Å². The maximum atomic E-state index is 12.6. The van der Waals surface area contributed by atoms with Crippen LogP contribution in [-0.2, 0) is 16.4 Å². The number of piperidine rings is 1. The van der Waals surface area contributed by atoms with Crippen molar-refractivity contribution in [1.29, 1.82) is 0 Å². The molecule has 154 valence electrons. The van der Waals surface area contributed by atoms with E-state index in [2.05, 4.69) is 15.6 Å².